The first-order valence-corrected chi connectivity index (χ1v) is 9.96. The molecule has 0 bridgehead atoms. The van der Waals surface area contributed by atoms with E-state index in [0.717, 1.165) is 39.1 Å². The number of nitrogen functional groups attached to an aromatic ring is 1. The number of nitrogens with zero attached hydrogens (tertiary/aromatic N) is 3. The van der Waals surface area contributed by atoms with Gasteiger partial charge in [-0.1, -0.05) is 44.2 Å². The van der Waals surface area contributed by atoms with Crippen LogP contribution in [0.4, 0.5) is 5.82 Å². The summed E-state index contributed by atoms with van der Waals surface area (Å²) in [5.74, 6) is 2.57. The Morgan fingerprint density at radius 3 is 2.79 bits per heavy atom. The number of ether oxygens (including phenoxy) is 2. The third kappa shape index (κ3) is 3.09. The molecule has 3 heterocycles. The van der Waals surface area contributed by atoms with Crippen molar-refractivity contribution in [2.45, 2.75) is 33.1 Å². The van der Waals surface area contributed by atoms with Crippen LogP contribution in [0, 0.1) is 5.92 Å². The van der Waals surface area contributed by atoms with Gasteiger partial charge in [-0.25, -0.2) is 9.97 Å². The van der Waals surface area contributed by atoms with E-state index in [1.54, 1.807) is 0 Å². The van der Waals surface area contributed by atoms with Gasteiger partial charge in [0.2, 0.25) is 0 Å². The van der Waals surface area contributed by atoms with Crippen molar-refractivity contribution < 1.29 is 9.47 Å². The molecule has 148 valence electrons. The van der Waals surface area contributed by atoms with E-state index in [0.29, 0.717) is 31.6 Å². The molecular formula is C23H24N4O2. The number of hydrogen-bond donors (Lipinski definition) is 1. The summed E-state index contributed by atoms with van der Waals surface area (Å²) in [5.41, 5.74) is 10.0. The van der Waals surface area contributed by atoms with Crippen LogP contribution in [0.15, 0.2) is 48.5 Å². The molecule has 1 aliphatic rings. The lowest BCUT2D eigenvalue weighted by molar-refractivity contribution is 0.0418. The van der Waals surface area contributed by atoms with Gasteiger partial charge in [-0.05, 0) is 29.7 Å². The molecule has 6 heteroatoms. The third-order valence-electron chi connectivity index (χ3n) is 5.56. The maximum Gasteiger partial charge on any atom is 0.152 e. The molecule has 0 aliphatic carbocycles. The topological polar surface area (TPSA) is 75.2 Å². The standard InChI is InChI=1S/C23H24N4O2/c1-14(2)19-12-28-13-20-26-21-22(27(19)20)17-10-16(8-9-18(17)25-23(21)24)29-11-15-6-4-3-5-7-15/h3-10,14,19H,11-13H2,1-2H3,(H2,24,25)/t19-/m0/s1. The van der Waals surface area contributed by atoms with Gasteiger partial charge in [0.15, 0.2) is 5.82 Å². The molecule has 0 fully saturated rings. The Hall–Kier alpha value is -3.12. The van der Waals surface area contributed by atoms with Gasteiger partial charge in [0.25, 0.3) is 0 Å². The highest BCUT2D eigenvalue weighted by molar-refractivity contribution is 6.07. The first-order chi connectivity index (χ1) is 14.1. The number of fused-ring (bicyclic) bond motifs is 5. The first-order valence-electron chi connectivity index (χ1n) is 9.96. The van der Waals surface area contributed by atoms with Crippen LogP contribution in [0.3, 0.4) is 0 Å². The zero-order valence-corrected chi connectivity index (χ0v) is 16.6. The number of imidazole rings is 1. The Balaban J connectivity index is 1.65. The Bertz CT molecular complexity index is 1180. The molecule has 2 aromatic heterocycles. The average Bonchev–Trinajstić information content (AvgIpc) is 3.14. The normalized spacial score (nSPS) is 16.4. The molecule has 29 heavy (non-hydrogen) atoms. The van der Waals surface area contributed by atoms with Gasteiger partial charge in [0, 0.05) is 5.39 Å². The second-order valence-electron chi connectivity index (χ2n) is 7.87. The molecule has 6 nitrogen and oxygen atoms in total. The van der Waals surface area contributed by atoms with Crippen molar-refractivity contribution >= 4 is 27.8 Å². The summed E-state index contributed by atoms with van der Waals surface area (Å²) in [6, 6.07) is 16.3. The molecule has 0 saturated carbocycles. The Morgan fingerprint density at radius 2 is 2.00 bits per heavy atom. The van der Waals surface area contributed by atoms with E-state index in [4.69, 9.17) is 20.2 Å². The van der Waals surface area contributed by atoms with Crippen LogP contribution in [0.2, 0.25) is 0 Å². The maximum atomic E-state index is 6.27. The molecule has 1 atom stereocenters. The van der Waals surface area contributed by atoms with Crippen LogP contribution in [-0.4, -0.2) is 21.1 Å². The number of nitrogens with two attached hydrogens (primary N) is 1. The lowest BCUT2D eigenvalue weighted by Crippen LogP contribution is -2.27. The molecule has 0 unspecified atom stereocenters. The number of benzene rings is 2. The summed E-state index contributed by atoms with van der Waals surface area (Å²) in [5, 5.41) is 1.01. The van der Waals surface area contributed by atoms with Crippen molar-refractivity contribution in [1.29, 1.82) is 0 Å². The Labute approximate surface area is 169 Å². The van der Waals surface area contributed by atoms with Crippen molar-refractivity contribution in [2.75, 3.05) is 12.3 Å². The molecule has 0 spiro atoms. The summed E-state index contributed by atoms with van der Waals surface area (Å²) in [6.07, 6.45) is 0. The zero-order chi connectivity index (χ0) is 20.0. The van der Waals surface area contributed by atoms with E-state index in [9.17, 15) is 0 Å². The van der Waals surface area contributed by atoms with Crippen LogP contribution in [0.5, 0.6) is 5.75 Å². The summed E-state index contributed by atoms with van der Waals surface area (Å²) < 4.78 is 14.2. The van der Waals surface area contributed by atoms with E-state index in [2.05, 4.69) is 41.6 Å². The highest BCUT2D eigenvalue weighted by atomic mass is 16.5. The van der Waals surface area contributed by atoms with E-state index in [1.807, 2.05) is 30.3 Å². The van der Waals surface area contributed by atoms with Crippen LogP contribution in [0.25, 0.3) is 21.9 Å². The molecule has 4 aromatic rings. The molecule has 0 saturated heterocycles. The smallest absolute Gasteiger partial charge is 0.152 e. The zero-order valence-electron chi connectivity index (χ0n) is 16.6. The van der Waals surface area contributed by atoms with E-state index in [-0.39, 0.29) is 6.04 Å². The fraction of sp³-hybridized carbons (Fsp3) is 0.304. The monoisotopic (exact) mass is 388 g/mol. The SMILES string of the molecule is CC(C)[C@@H]1COCc2nc3c(N)nc4ccc(OCc5ccccc5)cc4c3n21. The highest BCUT2D eigenvalue weighted by Crippen LogP contribution is 2.36. The predicted octanol–water partition coefficient (Wildman–Crippen LogP) is 4.47. The first kappa shape index (κ1) is 17.9. The molecule has 2 aromatic carbocycles. The number of anilines is 1. The van der Waals surface area contributed by atoms with Gasteiger partial charge >= 0.3 is 0 Å². The quantitative estimate of drug-likeness (QED) is 0.558. The lowest BCUT2D eigenvalue weighted by atomic mass is 10.0. The van der Waals surface area contributed by atoms with Crippen molar-refractivity contribution in [3.05, 3.63) is 59.9 Å². The van der Waals surface area contributed by atoms with Gasteiger partial charge < -0.3 is 19.8 Å². The van der Waals surface area contributed by atoms with Crippen LogP contribution >= 0.6 is 0 Å². The average molecular weight is 388 g/mol. The van der Waals surface area contributed by atoms with Crippen molar-refractivity contribution in [3.8, 4) is 5.75 Å². The second kappa shape index (κ2) is 7.04. The van der Waals surface area contributed by atoms with Crippen molar-refractivity contribution in [1.82, 2.24) is 14.5 Å². The summed E-state index contributed by atoms with van der Waals surface area (Å²) in [4.78, 5) is 9.35. The number of rotatable bonds is 4. The van der Waals surface area contributed by atoms with Gasteiger partial charge in [-0.3, -0.25) is 0 Å². The fourth-order valence-corrected chi connectivity index (χ4v) is 4.03. The number of aromatic nitrogens is 3. The summed E-state index contributed by atoms with van der Waals surface area (Å²) >= 11 is 0. The molecule has 2 N–H and O–H groups in total. The van der Waals surface area contributed by atoms with Crippen molar-refractivity contribution in [2.24, 2.45) is 5.92 Å². The fourth-order valence-electron chi connectivity index (χ4n) is 4.03. The number of pyridine rings is 1. The Morgan fingerprint density at radius 1 is 1.17 bits per heavy atom. The van der Waals surface area contributed by atoms with E-state index < -0.39 is 0 Å². The van der Waals surface area contributed by atoms with Crippen LogP contribution in [0.1, 0.15) is 31.3 Å². The van der Waals surface area contributed by atoms with Crippen LogP contribution < -0.4 is 10.5 Å². The lowest BCUT2D eigenvalue weighted by Gasteiger charge is -2.29. The molecule has 0 amide bonds. The highest BCUT2D eigenvalue weighted by Gasteiger charge is 2.28. The van der Waals surface area contributed by atoms with Gasteiger partial charge in [0.05, 0.1) is 23.7 Å². The number of hydrogen-bond acceptors (Lipinski definition) is 5. The van der Waals surface area contributed by atoms with E-state index >= 15 is 0 Å². The summed E-state index contributed by atoms with van der Waals surface area (Å²) in [7, 11) is 0. The third-order valence-corrected chi connectivity index (χ3v) is 5.56. The minimum Gasteiger partial charge on any atom is -0.489 e. The van der Waals surface area contributed by atoms with E-state index in [1.165, 1.54) is 0 Å². The second-order valence-corrected chi connectivity index (χ2v) is 7.87. The minimum atomic E-state index is 0.211. The van der Waals surface area contributed by atoms with Gasteiger partial charge in [-0.2, -0.15) is 0 Å². The predicted molar refractivity (Wildman–Crippen MR) is 114 cm³/mol. The van der Waals surface area contributed by atoms with Crippen molar-refractivity contribution in [3.63, 3.8) is 0 Å². The molecule has 0 radical (unpaired) electrons. The maximum absolute atomic E-state index is 6.27. The summed E-state index contributed by atoms with van der Waals surface area (Å²) in [6.45, 7) is 6.09. The van der Waals surface area contributed by atoms with Gasteiger partial charge in [0.1, 0.15) is 30.3 Å². The Kier molecular flexibility index (Phi) is 4.36. The molecular weight excluding hydrogens is 364 g/mol. The minimum absolute atomic E-state index is 0.211. The molecule has 5 rings (SSSR count). The molecule has 1 aliphatic heterocycles. The van der Waals surface area contributed by atoms with Gasteiger partial charge in [-0.15, -0.1) is 0 Å². The largest absolute Gasteiger partial charge is 0.489 e. The van der Waals surface area contributed by atoms with Crippen LogP contribution in [-0.2, 0) is 18.0 Å².